The molecular formula is C16H32O. The first-order chi connectivity index (χ1) is 8.16. The van der Waals surface area contributed by atoms with Gasteiger partial charge in [-0.25, -0.2) is 0 Å². The molecule has 0 aliphatic rings. The van der Waals surface area contributed by atoms with Gasteiger partial charge in [-0.15, -0.1) is 0 Å². The van der Waals surface area contributed by atoms with Crippen LogP contribution in [0.5, 0.6) is 0 Å². The molecule has 0 aliphatic carbocycles. The molecule has 0 unspecified atom stereocenters. The molecule has 0 radical (unpaired) electrons. The number of hydrogen-bond donors (Lipinski definition) is 0. The van der Waals surface area contributed by atoms with Crippen LogP contribution in [0.4, 0.5) is 0 Å². The van der Waals surface area contributed by atoms with E-state index >= 15 is 0 Å². The molecule has 0 bridgehead atoms. The third kappa shape index (κ3) is 13.6. The molecule has 0 spiro atoms. The van der Waals surface area contributed by atoms with E-state index in [1.54, 1.807) is 0 Å². The van der Waals surface area contributed by atoms with Gasteiger partial charge in [-0.1, -0.05) is 58.1 Å². The molecule has 0 heterocycles. The lowest BCUT2D eigenvalue weighted by molar-refractivity contribution is 0.156. The second-order valence-electron chi connectivity index (χ2n) is 5.47. The summed E-state index contributed by atoms with van der Waals surface area (Å²) in [6, 6.07) is 0. The molecule has 102 valence electrons. The van der Waals surface area contributed by atoms with Crippen LogP contribution in [-0.2, 0) is 4.74 Å². The smallest absolute Gasteiger partial charge is 0.0649 e. The summed E-state index contributed by atoms with van der Waals surface area (Å²) in [5.41, 5.74) is 1.49. The first-order valence-corrected chi connectivity index (χ1v) is 7.40. The Morgan fingerprint density at radius 1 is 1.12 bits per heavy atom. The lowest BCUT2D eigenvalue weighted by atomic mass is 10.0. The Labute approximate surface area is 109 Å². The van der Waals surface area contributed by atoms with Crippen LogP contribution in [0.15, 0.2) is 11.6 Å². The lowest BCUT2D eigenvalue weighted by Gasteiger charge is -2.05. The summed E-state index contributed by atoms with van der Waals surface area (Å²) < 4.78 is 5.60. The van der Waals surface area contributed by atoms with Crippen molar-refractivity contribution in [1.82, 2.24) is 0 Å². The van der Waals surface area contributed by atoms with E-state index in [2.05, 4.69) is 33.8 Å². The number of allylic oxidation sites excluding steroid dienone is 1. The Kier molecular flexibility index (Phi) is 12.0. The molecule has 0 saturated carbocycles. The lowest BCUT2D eigenvalue weighted by Crippen LogP contribution is -1.95. The van der Waals surface area contributed by atoms with Gasteiger partial charge in [-0.05, 0) is 32.1 Å². The normalized spacial score (nSPS) is 12.4. The Hall–Kier alpha value is -0.300. The van der Waals surface area contributed by atoms with Crippen molar-refractivity contribution in [2.45, 2.75) is 72.6 Å². The third-order valence-electron chi connectivity index (χ3n) is 3.04. The van der Waals surface area contributed by atoms with Gasteiger partial charge in [0.05, 0.1) is 6.61 Å². The van der Waals surface area contributed by atoms with Gasteiger partial charge in [0.15, 0.2) is 0 Å². The molecule has 1 nitrogen and oxygen atoms in total. The molecule has 17 heavy (non-hydrogen) atoms. The Morgan fingerprint density at radius 3 is 2.53 bits per heavy atom. The van der Waals surface area contributed by atoms with E-state index in [9.17, 15) is 0 Å². The number of rotatable bonds is 11. The van der Waals surface area contributed by atoms with E-state index in [4.69, 9.17) is 4.74 Å². The quantitative estimate of drug-likeness (QED) is 0.349. The van der Waals surface area contributed by atoms with Gasteiger partial charge in [0.1, 0.15) is 0 Å². The summed E-state index contributed by atoms with van der Waals surface area (Å²) in [6.07, 6.45) is 11.3. The Balaban J connectivity index is 3.31. The zero-order valence-electron chi connectivity index (χ0n) is 12.4. The first kappa shape index (κ1) is 16.7. The summed E-state index contributed by atoms with van der Waals surface area (Å²) in [7, 11) is 0. The maximum absolute atomic E-state index is 5.60. The molecule has 0 rings (SSSR count). The second kappa shape index (κ2) is 12.2. The third-order valence-corrected chi connectivity index (χ3v) is 3.04. The maximum Gasteiger partial charge on any atom is 0.0649 e. The zero-order chi connectivity index (χ0) is 12.9. The van der Waals surface area contributed by atoms with Crippen LogP contribution in [0.2, 0.25) is 0 Å². The van der Waals surface area contributed by atoms with Crippen LogP contribution in [0.3, 0.4) is 0 Å². The van der Waals surface area contributed by atoms with E-state index in [-0.39, 0.29) is 0 Å². The van der Waals surface area contributed by atoms with Crippen LogP contribution < -0.4 is 0 Å². The van der Waals surface area contributed by atoms with Gasteiger partial charge < -0.3 is 4.74 Å². The molecule has 0 fully saturated rings. The average molecular weight is 240 g/mol. The summed E-state index contributed by atoms with van der Waals surface area (Å²) >= 11 is 0. The van der Waals surface area contributed by atoms with Crippen LogP contribution >= 0.6 is 0 Å². The van der Waals surface area contributed by atoms with Crippen molar-refractivity contribution in [2.24, 2.45) is 5.92 Å². The highest BCUT2D eigenvalue weighted by Gasteiger charge is 1.95. The van der Waals surface area contributed by atoms with Gasteiger partial charge in [-0.2, -0.15) is 0 Å². The standard InChI is InChI=1S/C16H32O/c1-5-6-7-8-13-17-14-12-16(4)11-9-10-15(2)3/h12,15H,5-11,13-14H2,1-4H3. The molecule has 1 heteroatoms. The van der Waals surface area contributed by atoms with Gasteiger partial charge in [0.2, 0.25) is 0 Å². The highest BCUT2D eigenvalue weighted by Crippen LogP contribution is 2.11. The fourth-order valence-corrected chi connectivity index (χ4v) is 1.81. The van der Waals surface area contributed by atoms with Crippen molar-refractivity contribution in [2.75, 3.05) is 13.2 Å². The van der Waals surface area contributed by atoms with Crippen molar-refractivity contribution in [3.8, 4) is 0 Å². The summed E-state index contributed by atoms with van der Waals surface area (Å²) in [5.74, 6) is 0.831. The Morgan fingerprint density at radius 2 is 1.88 bits per heavy atom. The molecule has 0 N–H and O–H groups in total. The molecule has 0 saturated heterocycles. The van der Waals surface area contributed by atoms with Gasteiger partial charge in [0, 0.05) is 6.61 Å². The van der Waals surface area contributed by atoms with Crippen molar-refractivity contribution >= 4 is 0 Å². The highest BCUT2D eigenvalue weighted by molar-refractivity contribution is 4.97. The minimum atomic E-state index is 0.805. The largest absolute Gasteiger partial charge is 0.377 e. The zero-order valence-corrected chi connectivity index (χ0v) is 12.4. The molecule has 0 aromatic rings. The van der Waals surface area contributed by atoms with Gasteiger partial charge in [0.25, 0.3) is 0 Å². The van der Waals surface area contributed by atoms with Crippen LogP contribution in [0.1, 0.15) is 72.6 Å². The maximum atomic E-state index is 5.60. The van der Waals surface area contributed by atoms with E-state index in [0.717, 1.165) is 19.1 Å². The van der Waals surface area contributed by atoms with E-state index in [1.165, 1.54) is 50.5 Å². The molecular weight excluding hydrogens is 208 g/mol. The summed E-state index contributed by atoms with van der Waals surface area (Å²) in [4.78, 5) is 0. The number of ether oxygens (including phenoxy) is 1. The number of hydrogen-bond acceptors (Lipinski definition) is 1. The van der Waals surface area contributed by atoms with E-state index in [1.807, 2.05) is 0 Å². The monoisotopic (exact) mass is 240 g/mol. The Bertz CT molecular complexity index is 182. The van der Waals surface area contributed by atoms with Crippen LogP contribution in [0, 0.1) is 5.92 Å². The predicted molar refractivity (Wildman–Crippen MR) is 77.4 cm³/mol. The van der Waals surface area contributed by atoms with Crippen molar-refractivity contribution in [3.63, 3.8) is 0 Å². The fourth-order valence-electron chi connectivity index (χ4n) is 1.81. The molecule has 0 aromatic carbocycles. The van der Waals surface area contributed by atoms with Crippen LogP contribution in [-0.4, -0.2) is 13.2 Å². The average Bonchev–Trinajstić information content (AvgIpc) is 2.27. The minimum Gasteiger partial charge on any atom is -0.377 e. The SMILES string of the molecule is CCCCCCOCC=C(C)CCCC(C)C. The molecule has 0 aliphatic heterocycles. The molecule has 0 atom stereocenters. The molecule has 0 aromatic heterocycles. The van der Waals surface area contributed by atoms with E-state index in [0.29, 0.717) is 0 Å². The topological polar surface area (TPSA) is 9.23 Å². The molecule has 0 amide bonds. The summed E-state index contributed by atoms with van der Waals surface area (Å²) in [6.45, 7) is 10.8. The van der Waals surface area contributed by atoms with Crippen LogP contribution in [0.25, 0.3) is 0 Å². The second-order valence-corrected chi connectivity index (χ2v) is 5.47. The van der Waals surface area contributed by atoms with Gasteiger partial charge >= 0.3 is 0 Å². The number of unbranched alkanes of at least 4 members (excludes halogenated alkanes) is 3. The van der Waals surface area contributed by atoms with Crippen molar-refractivity contribution in [1.29, 1.82) is 0 Å². The highest BCUT2D eigenvalue weighted by atomic mass is 16.5. The minimum absolute atomic E-state index is 0.805. The van der Waals surface area contributed by atoms with Gasteiger partial charge in [-0.3, -0.25) is 0 Å². The first-order valence-electron chi connectivity index (χ1n) is 7.40. The fraction of sp³-hybridized carbons (Fsp3) is 0.875. The summed E-state index contributed by atoms with van der Waals surface area (Å²) in [5, 5.41) is 0. The van der Waals surface area contributed by atoms with E-state index < -0.39 is 0 Å². The van der Waals surface area contributed by atoms with Crippen molar-refractivity contribution in [3.05, 3.63) is 11.6 Å². The van der Waals surface area contributed by atoms with Crippen molar-refractivity contribution < 1.29 is 4.74 Å². The predicted octanol–water partition coefficient (Wildman–Crippen LogP) is 5.36.